The molecular formula is C18H27N5O4. The van der Waals surface area contributed by atoms with Gasteiger partial charge < -0.3 is 14.9 Å². The number of carbonyl (C=O) groups is 1. The molecule has 1 aliphatic carbocycles. The second-order valence-corrected chi connectivity index (χ2v) is 7.57. The first kappa shape index (κ1) is 19.3. The Labute approximate surface area is 158 Å². The van der Waals surface area contributed by atoms with Gasteiger partial charge in [0.05, 0.1) is 4.92 Å². The second kappa shape index (κ2) is 7.66. The molecule has 3 rings (SSSR count). The number of hydrogen-bond acceptors (Lipinski definition) is 7. The zero-order chi connectivity index (χ0) is 19.6. The first-order valence-electron chi connectivity index (χ1n) is 9.67. The second-order valence-electron chi connectivity index (χ2n) is 7.57. The number of nitro groups is 1. The predicted molar refractivity (Wildman–Crippen MR) is 101 cm³/mol. The lowest BCUT2D eigenvalue weighted by Gasteiger charge is -2.42. The molecule has 1 aliphatic heterocycles. The van der Waals surface area contributed by atoms with Crippen molar-refractivity contribution >= 4 is 23.4 Å². The Kier molecular flexibility index (Phi) is 5.48. The van der Waals surface area contributed by atoms with Crippen LogP contribution in [0.1, 0.15) is 58.8 Å². The summed E-state index contributed by atoms with van der Waals surface area (Å²) >= 11 is 0. The van der Waals surface area contributed by atoms with Gasteiger partial charge in [-0.05, 0) is 39.0 Å². The van der Waals surface area contributed by atoms with Crippen molar-refractivity contribution in [3.8, 4) is 0 Å². The summed E-state index contributed by atoms with van der Waals surface area (Å²) in [7, 11) is 0. The molecule has 0 spiro atoms. The van der Waals surface area contributed by atoms with Gasteiger partial charge in [-0.25, -0.2) is 9.78 Å². The zero-order valence-electron chi connectivity index (χ0n) is 15.9. The van der Waals surface area contributed by atoms with Gasteiger partial charge in [0.25, 0.3) is 0 Å². The lowest BCUT2D eigenvalue weighted by atomic mass is 9.93. The Balaban J connectivity index is 2.15. The summed E-state index contributed by atoms with van der Waals surface area (Å²) in [6.45, 7) is 5.05. The van der Waals surface area contributed by atoms with Crippen LogP contribution in [0.4, 0.5) is 17.5 Å². The first-order valence-corrected chi connectivity index (χ1v) is 9.67. The van der Waals surface area contributed by atoms with Gasteiger partial charge in [0, 0.05) is 19.1 Å². The average Bonchev–Trinajstić information content (AvgIpc) is 3.35. The van der Waals surface area contributed by atoms with Crippen molar-refractivity contribution in [3.63, 3.8) is 0 Å². The summed E-state index contributed by atoms with van der Waals surface area (Å²) in [5.41, 5.74) is -1.50. The fourth-order valence-corrected chi connectivity index (χ4v) is 4.13. The Bertz CT molecular complexity index is 716. The predicted octanol–water partition coefficient (Wildman–Crippen LogP) is 2.99. The van der Waals surface area contributed by atoms with Gasteiger partial charge in [-0.3, -0.25) is 10.1 Å². The molecule has 1 aromatic rings. The minimum Gasteiger partial charge on any atom is -0.480 e. The van der Waals surface area contributed by atoms with E-state index in [0.717, 1.165) is 51.6 Å². The Hall–Kier alpha value is -2.45. The van der Waals surface area contributed by atoms with E-state index in [0.29, 0.717) is 12.4 Å². The fraction of sp³-hybridized carbons (Fsp3) is 0.722. The number of hydrogen-bond donors (Lipinski definition) is 1. The molecule has 1 aromatic heterocycles. The third kappa shape index (κ3) is 3.54. The van der Waals surface area contributed by atoms with Gasteiger partial charge in [-0.15, -0.1) is 0 Å². The molecule has 0 bridgehead atoms. The highest BCUT2D eigenvalue weighted by Gasteiger charge is 2.46. The molecule has 9 heteroatoms. The number of anilines is 2. The van der Waals surface area contributed by atoms with Crippen LogP contribution in [0.15, 0.2) is 6.20 Å². The summed E-state index contributed by atoms with van der Waals surface area (Å²) < 4.78 is 0. The molecule has 0 amide bonds. The van der Waals surface area contributed by atoms with Gasteiger partial charge >= 0.3 is 11.7 Å². The lowest BCUT2D eigenvalue weighted by Crippen LogP contribution is -2.56. The summed E-state index contributed by atoms with van der Waals surface area (Å²) in [4.78, 5) is 35.8. The van der Waals surface area contributed by atoms with Crippen molar-refractivity contribution in [2.45, 2.75) is 70.4 Å². The number of rotatable bonds is 7. The topological polar surface area (TPSA) is 113 Å². The van der Waals surface area contributed by atoms with Crippen LogP contribution in [0.3, 0.4) is 0 Å². The van der Waals surface area contributed by atoms with Crippen LogP contribution in [-0.2, 0) is 4.79 Å². The van der Waals surface area contributed by atoms with E-state index in [1.165, 1.54) is 6.20 Å². The molecule has 2 aliphatic rings. The third-order valence-corrected chi connectivity index (χ3v) is 5.92. The van der Waals surface area contributed by atoms with Crippen molar-refractivity contribution in [1.29, 1.82) is 0 Å². The summed E-state index contributed by atoms with van der Waals surface area (Å²) in [5.74, 6) is -0.414. The van der Waals surface area contributed by atoms with Crippen molar-refractivity contribution < 1.29 is 14.8 Å². The van der Waals surface area contributed by atoms with E-state index >= 15 is 0 Å². The molecule has 2 heterocycles. The summed E-state index contributed by atoms with van der Waals surface area (Å²) in [6.07, 6.45) is 7.20. The molecule has 9 nitrogen and oxygen atoms in total. The van der Waals surface area contributed by atoms with E-state index in [-0.39, 0.29) is 17.5 Å². The van der Waals surface area contributed by atoms with Gasteiger partial charge in [-0.1, -0.05) is 19.8 Å². The van der Waals surface area contributed by atoms with E-state index in [1.807, 2.05) is 4.90 Å². The molecular weight excluding hydrogens is 350 g/mol. The van der Waals surface area contributed by atoms with Crippen LogP contribution in [0, 0.1) is 10.1 Å². The molecule has 1 atom stereocenters. The Morgan fingerprint density at radius 3 is 2.52 bits per heavy atom. The van der Waals surface area contributed by atoms with Crippen LogP contribution in [0.2, 0.25) is 0 Å². The molecule has 1 saturated carbocycles. The Morgan fingerprint density at radius 2 is 2.00 bits per heavy atom. The quantitative estimate of drug-likeness (QED) is 0.570. The molecule has 148 valence electrons. The monoisotopic (exact) mass is 377 g/mol. The van der Waals surface area contributed by atoms with Crippen LogP contribution in [-0.4, -0.2) is 50.6 Å². The molecule has 0 radical (unpaired) electrons. The largest absolute Gasteiger partial charge is 0.480 e. The lowest BCUT2D eigenvalue weighted by molar-refractivity contribution is -0.384. The van der Waals surface area contributed by atoms with Crippen LogP contribution < -0.4 is 9.80 Å². The van der Waals surface area contributed by atoms with Gasteiger partial charge in [0.1, 0.15) is 11.7 Å². The van der Waals surface area contributed by atoms with Gasteiger partial charge in [0.15, 0.2) is 0 Å². The molecule has 1 N–H and O–H groups in total. The standard InChI is InChI=1S/C18H27N5O4/c1-3-18(2,16(24)25)22(13-8-4-5-9-13)15-14(23(26)27)12-19-17(20-15)21-10-6-7-11-21/h12-13H,3-11H2,1-2H3,(H,24,25). The maximum absolute atomic E-state index is 12.2. The third-order valence-electron chi connectivity index (χ3n) is 5.92. The minimum absolute atomic E-state index is 0.0777. The SMILES string of the molecule is CCC(C)(C(=O)O)N(c1nc(N2CCCC2)ncc1[N+](=O)[O-])C1CCCC1. The van der Waals surface area contributed by atoms with Crippen LogP contribution >= 0.6 is 0 Å². The molecule has 1 saturated heterocycles. The van der Waals surface area contributed by atoms with E-state index in [9.17, 15) is 20.0 Å². The first-order chi connectivity index (χ1) is 12.9. The zero-order valence-corrected chi connectivity index (χ0v) is 15.9. The number of nitrogens with zero attached hydrogens (tertiary/aromatic N) is 5. The number of aromatic nitrogens is 2. The van der Waals surface area contributed by atoms with Crippen molar-refractivity contribution in [1.82, 2.24) is 9.97 Å². The summed E-state index contributed by atoms with van der Waals surface area (Å²) in [6, 6.07) is -0.0777. The summed E-state index contributed by atoms with van der Waals surface area (Å²) in [5, 5.41) is 21.7. The fourth-order valence-electron chi connectivity index (χ4n) is 4.13. The van der Waals surface area contributed by atoms with Crippen molar-refractivity contribution in [3.05, 3.63) is 16.3 Å². The van der Waals surface area contributed by atoms with Gasteiger partial charge in [-0.2, -0.15) is 4.98 Å². The molecule has 0 aromatic carbocycles. The molecule has 2 fully saturated rings. The van der Waals surface area contributed by atoms with E-state index in [2.05, 4.69) is 9.97 Å². The van der Waals surface area contributed by atoms with Crippen molar-refractivity contribution in [2.24, 2.45) is 0 Å². The van der Waals surface area contributed by atoms with E-state index < -0.39 is 16.4 Å². The van der Waals surface area contributed by atoms with Crippen molar-refractivity contribution in [2.75, 3.05) is 22.9 Å². The average molecular weight is 377 g/mol. The number of carboxylic acid groups (broad SMARTS) is 1. The van der Waals surface area contributed by atoms with Gasteiger partial charge in [0.2, 0.25) is 11.8 Å². The van der Waals surface area contributed by atoms with Crippen LogP contribution in [0.5, 0.6) is 0 Å². The maximum atomic E-state index is 12.2. The highest BCUT2D eigenvalue weighted by atomic mass is 16.6. The van der Waals surface area contributed by atoms with Crippen LogP contribution in [0.25, 0.3) is 0 Å². The minimum atomic E-state index is -1.27. The Morgan fingerprint density at radius 1 is 1.37 bits per heavy atom. The highest BCUT2D eigenvalue weighted by molar-refractivity contribution is 5.84. The maximum Gasteiger partial charge on any atom is 0.329 e. The smallest absolute Gasteiger partial charge is 0.329 e. The highest BCUT2D eigenvalue weighted by Crippen LogP contribution is 2.40. The normalized spacial score (nSPS) is 19.9. The molecule has 27 heavy (non-hydrogen) atoms. The van der Waals surface area contributed by atoms with E-state index in [1.54, 1.807) is 18.7 Å². The number of aliphatic carboxylic acids is 1. The molecule has 1 unspecified atom stereocenters. The number of carboxylic acids is 1. The van der Waals surface area contributed by atoms with E-state index in [4.69, 9.17) is 0 Å².